The maximum Gasteiger partial charge on any atom is 0.0391 e. The first-order valence-electron chi connectivity index (χ1n) is 7.91. The Bertz CT molecular complexity index is 580. The Hall–Kier alpha value is -0.860. The van der Waals surface area contributed by atoms with Crippen molar-refractivity contribution in [3.63, 3.8) is 0 Å². The Labute approximate surface area is 126 Å². The van der Waals surface area contributed by atoms with Gasteiger partial charge in [-0.25, -0.2) is 0 Å². The van der Waals surface area contributed by atoms with E-state index < -0.39 is 0 Å². The molecule has 1 unspecified atom stereocenters. The summed E-state index contributed by atoms with van der Waals surface area (Å²) < 4.78 is 1.42. The van der Waals surface area contributed by atoms with Crippen molar-refractivity contribution in [1.29, 1.82) is 0 Å². The number of benzene rings is 1. The highest BCUT2D eigenvalue weighted by atomic mass is 32.1. The van der Waals surface area contributed by atoms with Crippen LogP contribution in [0.2, 0.25) is 0 Å². The fourth-order valence-corrected chi connectivity index (χ4v) is 4.89. The van der Waals surface area contributed by atoms with Crippen molar-refractivity contribution in [2.75, 3.05) is 0 Å². The maximum atomic E-state index is 3.85. The summed E-state index contributed by atoms with van der Waals surface area (Å²) in [6.45, 7) is 6.96. The normalized spacial score (nSPS) is 19.6. The van der Waals surface area contributed by atoms with Gasteiger partial charge in [-0.15, -0.1) is 11.3 Å². The number of fused-ring (bicyclic) bond motifs is 1. The van der Waals surface area contributed by atoms with Crippen molar-refractivity contribution in [1.82, 2.24) is 5.32 Å². The topological polar surface area (TPSA) is 12.0 Å². The second-order valence-electron chi connectivity index (χ2n) is 6.31. The van der Waals surface area contributed by atoms with Gasteiger partial charge in [0.05, 0.1) is 0 Å². The number of thiophene rings is 1. The predicted octanol–water partition coefficient (Wildman–Crippen LogP) is 5.44. The zero-order chi connectivity index (χ0) is 14.1. The first-order chi connectivity index (χ1) is 9.66. The van der Waals surface area contributed by atoms with Crippen molar-refractivity contribution < 1.29 is 0 Å². The predicted molar refractivity (Wildman–Crippen MR) is 89.5 cm³/mol. The Morgan fingerprint density at radius 3 is 2.55 bits per heavy atom. The number of rotatable bonds is 4. The molecule has 1 fully saturated rings. The van der Waals surface area contributed by atoms with Gasteiger partial charge in [-0.3, -0.25) is 0 Å². The summed E-state index contributed by atoms with van der Waals surface area (Å²) in [5.74, 6) is 0.882. The van der Waals surface area contributed by atoms with Crippen molar-refractivity contribution in [2.24, 2.45) is 5.92 Å². The zero-order valence-corrected chi connectivity index (χ0v) is 13.6. The minimum absolute atomic E-state index is 0.461. The molecule has 20 heavy (non-hydrogen) atoms. The summed E-state index contributed by atoms with van der Waals surface area (Å²) >= 11 is 1.95. The summed E-state index contributed by atoms with van der Waals surface area (Å²) in [6, 6.07) is 9.87. The minimum atomic E-state index is 0.461. The number of aryl methyl sites for hydroxylation is 1. The third-order valence-corrected chi connectivity index (χ3v) is 6.35. The van der Waals surface area contributed by atoms with E-state index in [1.165, 1.54) is 46.2 Å². The van der Waals surface area contributed by atoms with Crippen LogP contribution in [0.4, 0.5) is 0 Å². The van der Waals surface area contributed by atoms with E-state index in [-0.39, 0.29) is 0 Å². The third-order valence-electron chi connectivity index (χ3n) is 4.89. The molecule has 2 aromatic rings. The standard InChI is InChI=1S/C18H25NS/c1-12-16-10-6-7-11-17(16)20-18(12)14(3)19-13(2)15-8-4-5-9-15/h6-7,10-11,13-15,19H,4-5,8-9H2,1-3H3/t13-,14?/m1/s1. The van der Waals surface area contributed by atoms with Crippen molar-refractivity contribution >= 4 is 21.4 Å². The van der Waals surface area contributed by atoms with E-state index in [1.54, 1.807) is 0 Å². The fraction of sp³-hybridized carbons (Fsp3) is 0.556. The molecule has 1 aliphatic carbocycles. The molecule has 2 atom stereocenters. The van der Waals surface area contributed by atoms with Crippen LogP contribution in [-0.4, -0.2) is 6.04 Å². The molecule has 0 amide bonds. The van der Waals surface area contributed by atoms with E-state index in [0.29, 0.717) is 12.1 Å². The van der Waals surface area contributed by atoms with Crippen LogP contribution >= 0.6 is 11.3 Å². The minimum Gasteiger partial charge on any atom is -0.307 e. The van der Waals surface area contributed by atoms with Gasteiger partial charge in [0.15, 0.2) is 0 Å². The van der Waals surface area contributed by atoms with Crippen LogP contribution in [0.3, 0.4) is 0 Å². The highest BCUT2D eigenvalue weighted by Crippen LogP contribution is 2.35. The van der Waals surface area contributed by atoms with Gasteiger partial charge in [0, 0.05) is 21.7 Å². The Kier molecular flexibility index (Phi) is 4.13. The van der Waals surface area contributed by atoms with Crippen LogP contribution in [0.25, 0.3) is 10.1 Å². The average Bonchev–Trinajstić information content (AvgIpc) is 3.07. The second kappa shape index (κ2) is 5.87. The van der Waals surface area contributed by atoms with E-state index in [1.807, 2.05) is 11.3 Å². The molecule has 1 saturated carbocycles. The van der Waals surface area contributed by atoms with Crippen LogP contribution < -0.4 is 5.32 Å². The molecule has 0 bridgehead atoms. The van der Waals surface area contributed by atoms with Crippen LogP contribution in [0, 0.1) is 12.8 Å². The molecular weight excluding hydrogens is 262 g/mol. The van der Waals surface area contributed by atoms with Crippen LogP contribution in [0.5, 0.6) is 0 Å². The summed E-state index contributed by atoms with van der Waals surface area (Å²) in [5, 5.41) is 5.28. The zero-order valence-electron chi connectivity index (χ0n) is 12.8. The van der Waals surface area contributed by atoms with Gasteiger partial charge in [-0.1, -0.05) is 31.0 Å². The molecule has 0 saturated heterocycles. The Balaban J connectivity index is 1.78. The van der Waals surface area contributed by atoms with E-state index in [4.69, 9.17) is 0 Å². The average molecular weight is 287 g/mol. The molecule has 2 heteroatoms. The van der Waals surface area contributed by atoms with Crippen molar-refractivity contribution in [3.05, 3.63) is 34.7 Å². The van der Waals surface area contributed by atoms with Gasteiger partial charge in [-0.05, 0) is 56.5 Å². The molecule has 0 radical (unpaired) electrons. The lowest BCUT2D eigenvalue weighted by Crippen LogP contribution is -2.34. The highest BCUT2D eigenvalue weighted by molar-refractivity contribution is 7.19. The summed E-state index contributed by atoms with van der Waals surface area (Å²) in [5.41, 5.74) is 1.46. The fourth-order valence-electron chi connectivity index (χ4n) is 3.67. The van der Waals surface area contributed by atoms with Crippen LogP contribution in [0.15, 0.2) is 24.3 Å². The largest absolute Gasteiger partial charge is 0.307 e. The molecule has 1 nitrogen and oxygen atoms in total. The number of hydrogen-bond acceptors (Lipinski definition) is 2. The molecular formula is C18H25NS. The lowest BCUT2D eigenvalue weighted by atomic mass is 9.98. The van der Waals surface area contributed by atoms with Gasteiger partial charge >= 0.3 is 0 Å². The van der Waals surface area contributed by atoms with Gasteiger partial charge < -0.3 is 5.32 Å². The second-order valence-corrected chi connectivity index (χ2v) is 7.39. The Morgan fingerprint density at radius 1 is 1.15 bits per heavy atom. The first-order valence-corrected chi connectivity index (χ1v) is 8.72. The lowest BCUT2D eigenvalue weighted by Gasteiger charge is -2.24. The van der Waals surface area contributed by atoms with Crippen LogP contribution in [-0.2, 0) is 0 Å². The molecule has 1 heterocycles. The third kappa shape index (κ3) is 2.64. The quantitative estimate of drug-likeness (QED) is 0.789. The van der Waals surface area contributed by atoms with Crippen molar-refractivity contribution in [3.8, 4) is 0 Å². The number of hydrogen-bond donors (Lipinski definition) is 1. The highest BCUT2D eigenvalue weighted by Gasteiger charge is 2.24. The summed E-state index contributed by atoms with van der Waals surface area (Å²) in [7, 11) is 0. The molecule has 1 aliphatic rings. The molecule has 1 N–H and O–H groups in total. The van der Waals surface area contributed by atoms with Gasteiger partial charge in [0.2, 0.25) is 0 Å². The lowest BCUT2D eigenvalue weighted by molar-refractivity contribution is 0.354. The molecule has 1 aromatic carbocycles. The summed E-state index contributed by atoms with van der Waals surface area (Å²) in [4.78, 5) is 1.51. The molecule has 3 rings (SSSR count). The van der Waals surface area contributed by atoms with E-state index in [2.05, 4.69) is 50.4 Å². The first kappa shape index (κ1) is 14.1. The molecule has 108 valence electrons. The monoisotopic (exact) mass is 287 g/mol. The van der Waals surface area contributed by atoms with Gasteiger partial charge in [0.1, 0.15) is 0 Å². The Morgan fingerprint density at radius 2 is 1.85 bits per heavy atom. The van der Waals surface area contributed by atoms with E-state index in [0.717, 1.165) is 5.92 Å². The van der Waals surface area contributed by atoms with Crippen LogP contribution in [0.1, 0.15) is 56.0 Å². The summed E-state index contributed by atoms with van der Waals surface area (Å²) in [6.07, 6.45) is 5.67. The molecule has 0 spiro atoms. The van der Waals surface area contributed by atoms with E-state index >= 15 is 0 Å². The van der Waals surface area contributed by atoms with Crippen molar-refractivity contribution in [2.45, 2.75) is 58.5 Å². The molecule has 0 aliphatic heterocycles. The van der Waals surface area contributed by atoms with Gasteiger partial charge in [-0.2, -0.15) is 0 Å². The van der Waals surface area contributed by atoms with Gasteiger partial charge in [0.25, 0.3) is 0 Å². The smallest absolute Gasteiger partial charge is 0.0391 e. The number of nitrogens with one attached hydrogen (secondary N) is 1. The maximum absolute atomic E-state index is 3.85. The van der Waals surface area contributed by atoms with E-state index in [9.17, 15) is 0 Å². The molecule has 1 aromatic heterocycles. The SMILES string of the molecule is Cc1c(C(C)N[C@H](C)C2CCCC2)sc2ccccc12.